The van der Waals surface area contributed by atoms with Crippen molar-refractivity contribution in [3.05, 3.63) is 99.7 Å². The number of sulfonamides is 1. The van der Waals surface area contributed by atoms with Crippen molar-refractivity contribution in [2.75, 3.05) is 18.9 Å². The number of ether oxygens (including phenoxy) is 1. The van der Waals surface area contributed by atoms with Gasteiger partial charge in [0.1, 0.15) is 11.4 Å². The van der Waals surface area contributed by atoms with E-state index in [1.54, 1.807) is 0 Å². The van der Waals surface area contributed by atoms with Crippen molar-refractivity contribution in [2.45, 2.75) is 39.5 Å². The van der Waals surface area contributed by atoms with Gasteiger partial charge in [-0.1, -0.05) is 66.2 Å². The van der Waals surface area contributed by atoms with E-state index in [-0.39, 0.29) is 24.6 Å². The number of aryl methyl sites for hydroxylation is 4. The van der Waals surface area contributed by atoms with Crippen LogP contribution in [0.4, 0.5) is 0 Å². The average molecular weight is 596 g/mol. The molecule has 4 rings (SSSR count). The Morgan fingerprint density at radius 3 is 2.49 bits per heavy atom. The van der Waals surface area contributed by atoms with Crippen molar-refractivity contribution in [3.63, 3.8) is 0 Å². The molecule has 0 unspecified atom stereocenters. The molecular formula is C31H34ClN3O5S. The number of para-hydroxylation sites is 1. The van der Waals surface area contributed by atoms with Gasteiger partial charge in [0.05, 0.1) is 17.4 Å². The molecule has 3 aromatic carbocycles. The van der Waals surface area contributed by atoms with Crippen LogP contribution < -0.4 is 14.8 Å². The Kier molecular flexibility index (Phi) is 10.1. The second-order valence-electron chi connectivity index (χ2n) is 9.96. The summed E-state index contributed by atoms with van der Waals surface area (Å²) in [7, 11) is -3.99. The summed E-state index contributed by atoms with van der Waals surface area (Å²) in [4.78, 5) is 28.3. The van der Waals surface area contributed by atoms with Gasteiger partial charge in [0.25, 0.3) is 5.91 Å². The van der Waals surface area contributed by atoms with Gasteiger partial charge >= 0.3 is 0 Å². The van der Waals surface area contributed by atoms with Crippen molar-refractivity contribution < 1.29 is 22.7 Å². The second-order valence-corrected chi connectivity index (χ2v) is 12.2. The van der Waals surface area contributed by atoms with Gasteiger partial charge in [0.2, 0.25) is 15.9 Å². The molecule has 8 nitrogen and oxygen atoms in total. The fourth-order valence-electron chi connectivity index (χ4n) is 4.66. The molecule has 0 aliphatic rings. The SMILES string of the molecule is Cc1cc(C)c(Cl)c(OCCCc2c(C(=O)NS(=O)(=O)CCNC(=O)CCc3ccccc3)[nH]c3ccccc23)c1. The van der Waals surface area contributed by atoms with E-state index < -0.39 is 21.7 Å². The standard InChI is InChI=1S/C31H34ClN3O5S/c1-21-19-22(2)29(32)27(20-21)40-17-8-12-25-24-11-6-7-13-26(24)34-30(25)31(37)35-41(38,39)18-16-33-28(36)15-14-23-9-4-3-5-10-23/h3-7,9-11,13,19-20,34H,8,12,14-18H2,1-2H3,(H,33,36)(H,35,37). The van der Waals surface area contributed by atoms with Crippen molar-refractivity contribution in [1.82, 2.24) is 15.0 Å². The Labute approximate surface area is 245 Å². The molecule has 0 spiro atoms. The quantitative estimate of drug-likeness (QED) is 0.182. The van der Waals surface area contributed by atoms with Crippen LogP contribution in [0, 0.1) is 13.8 Å². The van der Waals surface area contributed by atoms with E-state index in [1.807, 2.05) is 80.6 Å². The molecule has 3 N–H and O–H groups in total. The van der Waals surface area contributed by atoms with E-state index in [0.717, 1.165) is 27.6 Å². The molecule has 0 fully saturated rings. The van der Waals surface area contributed by atoms with Gasteiger partial charge in [0, 0.05) is 23.9 Å². The molecule has 0 saturated heterocycles. The maximum atomic E-state index is 13.1. The molecule has 0 aliphatic heterocycles. The van der Waals surface area contributed by atoms with Gasteiger partial charge in [0.15, 0.2) is 0 Å². The van der Waals surface area contributed by atoms with E-state index in [9.17, 15) is 18.0 Å². The highest BCUT2D eigenvalue weighted by Crippen LogP contribution is 2.30. The molecule has 10 heteroatoms. The summed E-state index contributed by atoms with van der Waals surface area (Å²) in [6, 6.07) is 20.9. The lowest BCUT2D eigenvalue weighted by Crippen LogP contribution is -2.37. The van der Waals surface area contributed by atoms with Gasteiger partial charge < -0.3 is 15.0 Å². The van der Waals surface area contributed by atoms with Gasteiger partial charge in [-0.15, -0.1) is 0 Å². The summed E-state index contributed by atoms with van der Waals surface area (Å²) < 4.78 is 33.4. The molecule has 2 amide bonds. The van der Waals surface area contributed by atoms with Crippen LogP contribution in [0.15, 0.2) is 66.7 Å². The third kappa shape index (κ3) is 8.34. The van der Waals surface area contributed by atoms with Crippen LogP contribution in [0.2, 0.25) is 5.02 Å². The highest BCUT2D eigenvalue weighted by molar-refractivity contribution is 7.90. The Morgan fingerprint density at radius 1 is 0.976 bits per heavy atom. The molecule has 0 radical (unpaired) electrons. The van der Waals surface area contributed by atoms with Crippen LogP contribution in [0.1, 0.15) is 45.6 Å². The number of hydrogen-bond acceptors (Lipinski definition) is 5. The molecule has 0 saturated carbocycles. The summed E-state index contributed by atoms with van der Waals surface area (Å²) in [5, 5.41) is 4.02. The number of fused-ring (bicyclic) bond motifs is 1. The Bertz CT molecular complexity index is 1630. The zero-order chi connectivity index (χ0) is 29.4. The zero-order valence-corrected chi connectivity index (χ0v) is 24.7. The molecular weight excluding hydrogens is 562 g/mol. The lowest BCUT2D eigenvalue weighted by molar-refractivity contribution is -0.120. The number of H-pyrrole nitrogens is 1. The minimum Gasteiger partial charge on any atom is -0.492 e. The van der Waals surface area contributed by atoms with E-state index in [4.69, 9.17) is 16.3 Å². The fraction of sp³-hybridized carbons (Fsp3) is 0.290. The minimum atomic E-state index is -3.99. The van der Waals surface area contributed by atoms with Gasteiger partial charge in [-0.2, -0.15) is 0 Å². The Balaban J connectivity index is 1.34. The van der Waals surface area contributed by atoms with Crippen molar-refractivity contribution in [2.24, 2.45) is 0 Å². The normalized spacial score (nSPS) is 11.4. The maximum Gasteiger partial charge on any atom is 0.281 e. The summed E-state index contributed by atoms with van der Waals surface area (Å²) in [6.07, 6.45) is 1.86. The van der Waals surface area contributed by atoms with E-state index >= 15 is 0 Å². The molecule has 1 heterocycles. The summed E-state index contributed by atoms with van der Waals surface area (Å²) in [6.45, 7) is 4.16. The van der Waals surface area contributed by atoms with E-state index in [0.29, 0.717) is 42.2 Å². The van der Waals surface area contributed by atoms with Crippen molar-refractivity contribution in [3.8, 4) is 5.75 Å². The second kappa shape index (κ2) is 13.7. The number of rotatable bonds is 13. The lowest BCUT2D eigenvalue weighted by Gasteiger charge is -2.12. The smallest absolute Gasteiger partial charge is 0.281 e. The monoisotopic (exact) mass is 595 g/mol. The van der Waals surface area contributed by atoms with Crippen LogP contribution in [-0.2, 0) is 27.7 Å². The Morgan fingerprint density at radius 2 is 1.71 bits per heavy atom. The van der Waals surface area contributed by atoms with Gasteiger partial charge in [-0.3, -0.25) is 9.59 Å². The predicted octanol–water partition coefficient (Wildman–Crippen LogP) is 5.26. The number of halogens is 1. The molecule has 4 aromatic rings. The zero-order valence-electron chi connectivity index (χ0n) is 23.1. The number of carbonyl (C=O) groups is 2. The fourth-order valence-corrected chi connectivity index (χ4v) is 5.68. The maximum absolute atomic E-state index is 13.1. The summed E-state index contributed by atoms with van der Waals surface area (Å²) in [5.74, 6) is -0.808. The molecule has 0 atom stereocenters. The van der Waals surface area contributed by atoms with Crippen LogP contribution in [0.5, 0.6) is 5.75 Å². The van der Waals surface area contributed by atoms with Crippen molar-refractivity contribution >= 4 is 44.3 Å². The number of aromatic nitrogens is 1. The number of benzene rings is 3. The van der Waals surface area contributed by atoms with Crippen LogP contribution >= 0.6 is 11.6 Å². The van der Waals surface area contributed by atoms with Gasteiger partial charge in [-0.25, -0.2) is 13.1 Å². The minimum absolute atomic E-state index is 0.103. The van der Waals surface area contributed by atoms with Crippen LogP contribution in [0.25, 0.3) is 10.9 Å². The third-order valence-electron chi connectivity index (χ3n) is 6.66. The van der Waals surface area contributed by atoms with Gasteiger partial charge in [-0.05, 0) is 67.5 Å². The molecule has 0 aliphatic carbocycles. The highest BCUT2D eigenvalue weighted by Gasteiger charge is 2.22. The number of hydrogen-bond donors (Lipinski definition) is 3. The van der Waals surface area contributed by atoms with Crippen LogP contribution in [-0.4, -0.2) is 44.1 Å². The summed E-state index contributed by atoms with van der Waals surface area (Å²) in [5.41, 5.74) is 4.63. The molecule has 1 aromatic heterocycles. The van der Waals surface area contributed by atoms with Crippen LogP contribution in [0.3, 0.4) is 0 Å². The number of aromatic amines is 1. The third-order valence-corrected chi connectivity index (χ3v) is 8.38. The first-order valence-electron chi connectivity index (χ1n) is 13.5. The van der Waals surface area contributed by atoms with E-state index in [1.165, 1.54) is 0 Å². The predicted molar refractivity (Wildman–Crippen MR) is 162 cm³/mol. The largest absolute Gasteiger partial charge is 0.492 e. The lowest BCUT2D eigenvalue weighted by atomic mass is 10.1. The molecule has 41 heavy (non-hydrogen) atoms. The molecule has 0 bridgehead atoms. The number of nitrogens with one attached hydrogen (secondary N) is 3. The highest BCUT2D eigenvalue weighted by atomic mass is 35.5. The summed E-state index contributed by atoms with van der Waals surface area (Å²) >= 11 is 6.38. The van der Waals surface area contributed by atoms with Crippen molar-refractivity contribution in [1.29, 1.82) is 0 Å². The average Bonchev–Trinajstić information content (AvgIpc) is 3.31. The van der Waals surface area contributed by atoms with E-state index in [2.05, 4.69) is 15.0 Å². The number of carbonyl (C=O) groups excluding carboxylic acids is 2. The first kappa shape index (κ1) is 30.1. The molecule has 216 valence electrons. The number of amides is 2. The first-order chi connectivity index (χ1) is 19.6. The topological polar surface area (TPSA) is 117 Å². The first-order valence-corrected chi connectivity index (χ1v) is 15.5. The Hall–Kier alpha value is -3.82.